The van der Waals surface area contributed by atoms with Crippen molar-refractivity contribution >= 4 is 17.5 Å². The summed E-state index contributed by atoms with van der Waals surface area (Å²) in [4.78, 5) is 25.8. The van der Waals surface area contributed by atoms with E-state index in [0.29, 0.717) is 30.1 Å². The number of nitrogens with one attached hydrogen (secondary N) is 1. The molecule has 24 heavy (non-hydrogen) atoms. The molecule has 0 unspecified atom stereocenters. The van der Waals surface area contributed by atoms with Crippen LogP contribution in [0.15, 0.2) is 42.5 Å². The van der Waals surface area contributed by atoms with E-state index in [0.717, 1.165) is 6.42 Å². The van der Waals surface area contributed by atoms with Crippen LogP contribution in [0.1, 0.15) is 28.4 Å². The van der Waals surface area contributed by atoms with Gasteiger partial charge in [-0.15, -0.1) is 0 Å². The highest BCUT2D eigenvalue weighted by Gasteiger charge is 2.21. The zero-order chi connectivity index (χ0) is 17.1. The van der Waals surface area contributed by atoms with E-state index in [2.05, 4.69) is 17.4 Å². The van der Waals surface area contributed by atoms with Gasteiger partial charge in [-0.2, -0.15) is 0 Å². The van der Waals surface area contributed by atoms with Gasteiger partial charge in [0.2, 0.25) is 0 Å². The quantitative estimate of drug-likeness (QED) is 0.879. The Hall–Kier alpha value is -2.82. The largest absolute Gasteiger partial charge is 0.495 e. The minimum atomic E-state index is -0.168. The molecule has 5 nitrogen and oxygen atoms in total. The van der Waals surface area contributed by atoms with Crippen LogP contribution in [0.3, 0.4) is 0 Å². The SMILES string of the molecule is COc1cc(C(C)=O)ccc1NC(=O)N1CCc2ccccc2C1. The standard InChI is InChI=1S/C19H20N2O3/c1-13(22)15-7-8-17(18(11-15)24-2)20-19(23)21-10-9-14-5-3-4-6-16(14)12-21/h3-8,11H,9-10,12H2,1-2H3,(H,20,23). The van der Waals surface area contributed by atoms with E-state index in [1.807, 2.05) is 12.1 Å². The van der Waals surface area contributed by atoms with Crippen LogP contribution in [0.4, 0.5) is 10.5 Å². The average molecular weight is 324 g/mol. The van der Waals surface area contributed by atoms with Crippen LogP contribution in [0.25, 0.3) is 0 Å². The van der Waals surface area contributed by atoms with Gasteiger partial charge in [-0.25, -0.2) is 4.79 Å². The number of carbonyl (C=O) groups excluding carboxylic acids is 2. The van der Waals surface area contributed by atoms with Crippen LogP contribution in [0.2, 0.25) is 0 Å². The maximum absolute atomic E-state index is 12.6. The summed E-state index contributed by atoms with van der Waals surface area (Å²) in [6, 6.07) is 13.0. The number of ether oxygens (including phenoxy) is 1. The first-order valence-corrected chi connectivity index (χ1v) is 7.90. The summed E-state index contributed by atoms with van der Waals surface area (Å²) in [5.74, 6) is 0.437. The highest BCUT2D eigenvalue weighted by molar-refractivity contribution is 5.97. The van der Waals surface area contributed by atoms with Gasteiger partial charge in [0.25, 0.3) is 0 Å². The first-order chi connectivity index (χ1) is 11.6. The molecule has 2 amide bonds. The number of rotatable bonds is 3. The van der Waals surface area contributed by atoms with Crippen molar-refractivity contribution in [3.63, 3.8) is 0 Å². The second-order valence-corrected chi connectivity index (χ2v) is 5.84. The zero-order valence-corrected chi connectivity index (χ0v) is 13.8. The molecule has 1 aliphatic rings. The predicted molar refractivity (Wildman–Crippen MR) is 92.6 cm³/mol. The maximum Gasteiger partial charge on any atom is 0.322 e. The molecule has 124 valence electrons. The molecule has 1 N–H and O–H groups in total. The molecule has 5 heteroatoms. The lowest BCUT2D eigenvalue weighted by Crippen LogP contribution is -2.38. The van der Waals surface area contributed by atoms with Crippen LogP contribution in [0.5, 0.6) is 5.75 Å². The van der Waals surface area contributed by atoms with Crippen LogP contribution in [-0.2, 0) is 13.0 Å². The number of methoxy groups -OCH3 is 1. The fraction of sp³-hybridized carbons (Fsp3) is 0.263. The van der Waals surface area contributed by atoms with Gasteiger partial charge in [-0.05, 0) is 42.7 Å². The Balaban J connectivity index is 1.75. The zero-order valence-electron chi connectivity index (χ0n) is 13.8. The van der Waals surface area contributed by atoms with E-state index in [9.17, 15) is 9.59 Å². The smallest absolute Gasteiger partial charge is 0.322 e. The second-order valence-electron chi connectivity index (χ2n) is 5.84. The third kappa shape index (κ3) is 3.25. The molecule has 0 bridgehead atoms. The lowest BCUT2D eigenvalue weighted by molar-refractivity contribution is 0.101. The summed E-state index contributed by atoms with van der Waals surface area (Å²) < 4.78 is 5.30. The van der Waals surface area contributed by atoms with Crippen molar-refractivity contribution in [1.82, 2.24) is 4.90 Å². The molecular formula is C19H20N2O3. The van der Waals surface area contributed by atoms with Crippen LogP contribution < -0.4 is 10.1 Å². The molecule has 3 rings (SSSR count). The summed E-state index contributed by atoms with van der Waals surface area (Å²) in [5, 5.41) is 2.88. The average Bonchev–Trinajstić information content (AvgIpc) is 2.61. The van der Waals surface area contributed by atoms with Crippen LogP contribution >= 0.6 is 0 Å². The van der Waals surface area contributed by atoms with Crippen molar-refractivity contribution < 1.29 is 14.3 Å². The van der Waals surface area contributed by atoms with E-state index in [1.165, 1.54) is 25.2 Å². The van der Waals surface area contributed by atoms with Gasteiger partial charge >= 0.3 is 6.03 Å². The first-order valence-electron chi connectivity index (χ1n) is 7.90. The third-order valence-corrected chi connectivity index (χ3v) is 4.27. The second kappa shape index (κ2) is 6.74. The molecule has 0 aromatic heterocycles. The molecular weight excluding hydrogens is 304 g/mol. The van der Waals surface area contributed by atoms with Gasteiger partial charge in [-0.1, -0.05) is 24.3 Å². The minimum absolute atomic E-state index is 0.0428. The molecule has 0 saturated carbocycles. The molecule has 0 fully saturated rings. The van der Waals surface area contributed by atoms with Gasteiger partial charge in [0.05, 0.1) is 12.8 Å². The van der Waals surface area contributed by atoms with Crippen molar-refractivity contribution in [3.8, 4) is 5.75 Å². The summed E-state index contributed by atoms with van der Waals surface area (Å²) in [7, 11) is 1.52. The monoisotopic (exact) mass is 324 g/mol. The number of nitrogens with zero attached hydrogens (tertiary/aromatic N) is 1. The number of amides is 2. The van der Waals surface area contributed by atoms with Crippen molar-refractivity contribution in [2.45, 2.75) is 19.9 Å². The van der Waals surface area contributed by atoms with Crippen LogP contribution in [0, 0.1) is 0 Å². The number of hydrogen-bond acceptors (Lipinski definition) is 3. The number of fused-ring (bicyclic) bond motifs is 1. The van der Waals surface area contributed by atoms with Crippen molar-refractivity contribution in [2.75, 3.05) is 19.0 Å². The van der Waals surface area contributed by atoms with E-state index in [1.54, 1.807) is 23.1 Å². The highest BCUT2D eigenvalue weighted by Crippen LogP contribution is 2.27. The number of benzene rings is 2. The van der Waals surface area contributed by atoms with E-state index in [4.69, 9.17) is 4.74 Å². The van der Waals surface area contributed by atoms with Gasteiger partial charge in [0, 0.05) is 18.7 Å². The molecule has 0 aliphatic carbocycles. The summed E-state index contributed by atoms with van der Waals surface area (Å²) in [6.07, 6.45) is 0.851. The molecule has 1 heterocycles. The number of anilines is 1. The normalized spacial score (nSPS) is 13.2. The Morgan fingerprint density at radius 3 is 2.58 bits per heavy atom. The van der Waals surface area contributed by atoms with Crippen molar-refractivity contribution in [3.05, 3.63) is 59.2 Å². The van der Waals surface area contributed by atoms with E-state index in [-0.39, 0.29) is 11.8 Å². The highest BCUT2D eigenvalue weighted by atomic mass is 16.5. The lowest BCUT2D eigenvalue weighted by atomic mass is 10.0. The van der Waals surface area contributed by atoms with E-state index >= 15 is 0 Å². The van der Waals surface area contributed by atoms with E-state index < -0.39 is 0 Å². The van der Waals surface area contributed by atoms with Gasteiger partial charge in [0.1, 0.15) is 5.75 Å². The van der Waals surface area contributed by atoms with Gasteiger partial charge in [0.15, 0.2) is 5.78 Å². The lowest BCUT2D eigenvalue weighted by Gasteiger charge is -2.29. The molecule has 2 aromatic rings. The summed E-state index contributed by atoms with van der Waals surface area (Å²) in [5.41, 5.74) is 3.59. The fourth-order valence-corrected chi connectivity index (χ4v) is 2.88. The maximum atomic E-state index is 12.6. The van der Waals surface area contributed by atoms with Gasteiger partial charge < -0.3 is 15.0 Å². The van der Waals surface area contributed by atoms with Crippen LogP contribution in [-0.4, -0.2) is 30.4 Å². The predicted octanol–water partition coefficient (Wildman–Crippen LogP) is 3.49. The van der Waals surface area contributed by atoms with Crippen molar-refractivity contribution in [1.29, 1.82) is 0 Å². The summed E-state index contributed by atoms with van der Waals surface area (Å²) >= 11 is 0. The number of carbonyl (C=O) groups is 2. The molecule has 0 atom stereocenters. The third-order valence-electron chi connectivity index (χ3n) is 4.27. The molecule has 2 aromatic carbocycles. The minimum Gasteiger partial charge on any atom is -0.495 e. The number of Topliss-reactive ketones (excluding diaryl/α,β-unsaturated/α-hetero) is 1. The number of ketones is 1. The number of urea groups is 1. The first kappa shape index (κ1) is 16.1. The topological polar surface area (TPSA) is 58.6 Å². The fourth-order valence-electron chi connectivity index (χ4n) is 2.88. The Morgan fingerprint density at radius 2 is 1.88 bits per heavy atom. The molecule has 0 saturated heterocycles. The van der Waals surface area contributed by atoms with Gasteiger partial charge in [-0.3, -0.25) is 4.79 Å². The van der Waals surface area contributed by atoms with Crippen molar-refractivity contribution in [2.24, 2.45) is 0 Å². The Morgan fingerprint density at radius 1 is 1.12 bits per heavy atom. The molecule has 0 spiro atoms. The Labute approximate surface area is 141 Å². The molecule has 1 aliphatic heterocycles. The Kier molecular flexibility index (Phi) is 4.51. The molecule has 0 radical (unpaired) electrons. The Bertz CT molecular complexity index is 786. The number of hydrogen-bond donors (Lipinski definition) is 1. The summed E-state index contributed by atoms with van der Waals surface area (Å²) in [6.45, 7) is 2.77.